The highest BCUT2D eigenvalue weighted by molar-refractivity contribution is 6.53. The number of para-hydroxylation sites is 4. The predicted octanol–water partition coefficient (Wildman–Crippen LogP) is 6.82. The molecule has 0 saturated carbocycles. The number of rotatable bonds is 9. The van der Waals surface area contributed by atoms with E-state index in [-0.39, 0.29) is 21.8 Å². The van der Waals surface area contributed by atoms with E-state index < -0.39 is 17.7 Å². The summed E-state index contributed by atoms with van der Waals surface area (Å²) in [5, 5.41) is 7.13. The van der Waals surface area contributed by atoms with E-state index in [1.54, 1.807) is 97.5 Å². The van der Waals surface area contributed by atoms with Crippen LogP contribution in [-0.4, -0.2) is 51.0 Å². The number of carbonyl (C=O) groups is 4. The SMILES string of the molecule is Cc1cnccc1-c1[nH]/c(=C(\C=O)C(=O)N(c2ccccc2)N(C)c2ccccc2)c2c(-c3ccncc3C)[nH]c(=C3C(=O)N(c4ccccc4)N(c4ccccc4)C3=O)c12. The third-order valence-corrected chi connectivity index (χ3v) is 10.8. The number of nitrogens with one attached hydrogen (secondary N) is 2. The van der Waals surface area contributed by atoms with Crippen molar-refractivity contribution in [1.29, 1.82) is 0 Å². The average Bonchev–Trinajstić information content (AvgIpc) is 3.94. The lowest BCUT2D eigenvalue weighted by Gasteiger charge is -2.33. The Morgan fingerprint density at radius 2 is 1.07 bits per heavy atom. The van der Waals surface area contributed by atoms with E-state index in [2.05, 4.69) is 19.9 Å². The highest BCUT2D eigenvalue weighted by atomic mass is 16.2. The topological polar surface area (TPSA) is 139 Å². The van der Waals surface area contributed by atoms with Gasteiger partial charge in [0.25, 0.3) is 17.7 Å². The molecule has 0 aliphatic carbocycles. The summed E-state index contributed by atoms with van der Waals surface area (Å²) in [5.74, 6) is -1.77. The van der Waals surface area contributed by atoms with E-state index in [0.717, 1.165) is 11.1 Å². The van der Waals surface area contributed by atoms with E-state index in [4.69, 9.17) is 0 Å². The third-order valence-electron chi connectivity index (χ3n) is 10.8. The van der Waals surface area contributed by atoms with Gasteiger partial charge in [-0.05, 0) is 85.6 Å². The fourth-order valence-electron chi connectivity index (χ4n) is 7.94. The highest BCUT2D eigenvalue weighted by Gasteiger charge is 2.44. The molecule has 61 heavy (non-hydrogen) atoms. The van der Waals surface area contributed by atoms with Crippen molar-refractivity contribution < 1.29 is 19.2 Å². The zero-order valence-electron chi connectivity index (χ0n) is 33.4. The molecule has 9 rings (SSSR count). The maximum atomic E-state index is 15.3. The number of hydrogen-bond acceptors (Lipinski definition) is 7. The molecule has 0 atom stereocenters. The molecule has 8 aromatic rings. The van der Waals surface area contributed by atoms with Crippen LogP contribution >= 0.6 is 0 Å². The molecular formula is C49H38N8O4. The van der Waals surface area contributed by atoms with Gasteiger partial charge in [0.05, 0.1) is 44.8 Å². The number of carbonyl (C=O) groups excluding carboxylic acids is 4. The summed E-state index contributed by atoms with van der Waals surface area (Å²) in [6, 6.07) is 40.0. The number of H-pyrrole nitrogens is 2. The molecular weight excluding hydrogens is 765 g/mol. The van der Waals surface area contributed by atoms with Crippen LogP contribution in [0.4, 0.5) is 22.7 Å². The number of aryl methyl sites for hydroxylation is 2. The standard InChI is InChI=1S/C49H38N8O4/c1-31-28-50-26-24-37(31)43-40-41(46(53-43)42-48(60)56(35-20-12-6-13-21-35)57(49(42)61)36-22-14-7-15-23-36)44(38-25-27-51-29-32(38)2)52-45(40)39(30-58)47(59)55(34-18-10-5-11-19-34)54(3)33-16-8-4-9-17-33/h4-30,52-53H,1-3H3/b45-39+. The summed E-state index contributed by atoms with van der Waals surface area (Å²) < 4.78 is 0. The van der Waals surface area contributed by atoms with Crippen molar-refractivity contribution in [2.24, 2.45) is 0 Å². The lowest BCUT2D eigenvalue weighted by atomic mass is 10.0. The van der Waals surface area contributed by atoms with Crippen LogP contribution in [-0.2, 0) is 19.2 Å². The summed E-state index contributed by atoms with van der Waals surface area (Å²) in [5.41, 5.74) is 5.71. The predicted molar refractivity (Wildman–Crippen MR) is 237 cm³/mol. The van der Waals surface area contributed by atoms with E-state index in [0.29, 0.717) is 62.3 Å². The first kappa shape index (κ1) is 38.2. The van der Waals surface area contributed by atoms with Crippen LogP contribution < -0.4 is 30.7 Å². The minimum absolute atomic E-state index is 0.136. The van der Waals surface area contributed by atoms with Crippen molar-refractivity contribution in [1.82, 2.24) is 19.9 Å². The van der Waals surface area contributed by atoms with Crippen molar-refractivity contribution in [3.63, 3.8) is 0 Å². The second kappa shape index (κ2) is 15.8. The quantitative estimate of drug-likeness (QED) is 0.0929. The second-order valence-corrected chi connectivity index (χ2v) is 14.5. The summed E-state index contributed by atoms with van der Waals surface area (Å²) in [6.45, 7) is 3.79. The molecule has 298 valence electrons. The smallest absolute Gasteiger partial charge is 0.285 e. The van der Waals surface area contributed by atoms with Crippen molar-refractivity contribution in [3.05, 3.63) is 180 Å². The number of aromatic amines is 2. The third kappa shape index (κ3) is 6.52. The largest absolute Gasteiger partial charge is 0.353 e. The first-order valence-corrected chi connectivity index (χ1v) is 19.5. The molecule has 4 aromatic carbocycles. The second-order valence-electron chi connectivity index (χ2n) is 14.5. The normalized spacial score (nSPS) is 13.2. The van der Waals surface area contributed by atoms with E-state index in [9.17, 15) is 4.79 Å². The molecule has 0 bridgehead atoms. The Hall–Kier alpha value is -8.38. The van der Waals surface area contributed by atoms with Crippen molar-refractivity contribution in [3.8, 4) is 22.5 Å². The van der Waals surface area contributed by atoms with Gasteiger partial charge in [-0.3, -0.25) is 34.2 Å². The first-order chi connectivity index (χ1) is 29.8. The highest BCUT2D eigenvalue weighted by Crippen LogP contribution is 2.36. The first-order valence-electron chi connectivity index (χ1n) is 19.5. The molecule has 0 radical (unpaired) electrons. The van der Waals surface area contributed by atoms with Crippen LogP contribution in [0.15, 0.2) is 158 Å². The van der Waals surface area contributed by atoms with Gasteiger partial charge in [-0.25, -0.2) is 15.0 Å². The number of benzene rings is 4. The molecule has 1 fully saturated rings. The van der Waals surface area contributed by atoms with Gasteiger partial charge in [0.1, 0.15) is 11.1 Å². The summed E-state index contributed by atoms with van der Waals surface area (Å²) in [6.07, 6.45) is 7.25. The van der Waals surface area contributed by atoms with Crippen molar-refractivity contribution >= 4 is 68.7 Å². The summed E-state index contributed by atoms with van der Waals surface area (Å²) >= 11 is 0. The number of amides is 3. The minimum Gasteiger partial charge on any atom is -0.353 e. The van der Waals surface area contributed by atoms with E-state index in [1.165, 1.54) is 15.0 Å². The number of aldehydes is 1. The molecule has 1 saturated heterocycles. The van der Waals surface area contributed by atoms with Gasteiger partial charge in [-0.15, -0.1) is 0 Å². The fraction of sp³-hybridized carbons (Fsp3) is 0.0612. The zero-order valence-corrected chi connectivity index (χ0v) is 33.4. The van der Waals surface area contributed by atoms with Gasteiger partial charge in [0.2, 0.25) is 0 Å². The monoisotopic (exact) mass is 802 g/mol. The number of fused-ring (bicyclic) bond motifs is 1. The van der Waals surface area contributed by atoms with Crippen LogP contribution in [0.1, 0.15) is 11.1 Å². The molecule has 4 aromatic heterocycles. The fourth-order valence-corrected chi connectivity index (χ4v) is 7.94. The van der Waals surface area contributed by atoms with Gasteiger partial charge in [-0.1, -0.05) is 72.8 Å². The van der Waals surface area contributed by atoms with Gasteiger partial charge < -0.3 is 9.97 Å². The Morgan fingerprint density at radius 3 is 1.54 bits per heavy atom. The molecule has 0 unspecified atom stereocenters. The van der Waals surface area contributed by atoms with Crippen molar-refractivity contribution in [2.45, 2.75) is 13.8 Å². The number of hydrazine groups is 2. The minimum atomic E-state index is -0.625. The number of aromatic nitrogens is 4. The lowest BCUT2D eigenvalue weighted by molar-refractivity contribution is -0.116. The summed E-state index contributed by atoms with van der Waals surface area (Å²) in [7, 11) is 1.75. The molecule has 12 nitrogen and oxygen atoms in total. The number of pyridine rings is 2. The van der Waals surface area contributed by atoms with Crippen LogP contribution in [0.5, 0.6) is 0 Å². The Bertz CT molecular complexity index is 3010. The maximum Gasteiger partial charge on any atom is 0.285 e. The maximum absolute atomic E-state index is 15.3. The molecule has 5 heterocycles. The van der Waals surface area contributed by atoms with Crippen LogP contribution in [0, 0.1) is 13.8 Å². The van der Waals surface area contributed by atoms with Crippen LogP contribution in [0.3, 0.4) is 0 Å². The number of hydrogen-bond donors (Lipinski definition) is 2. The molecule has 12 heteroatoms. The molecule has 1 aliphatic heterocycles. The zero-order chi connectivity index (χ0) is 42.2. The van der Waals surface area contributed by atoms with Gasteiger partial charge >= 0.3 is 0 Å². The van der Waals surface area contributed by atoms with Gasteiger partial charge in [-0.2, -0.15) is 0 Å². The lowest BCUT2D eigenvalue weighted by Crippen LogP contribution is -2.46. The Balaban J connectivity index is 1.43. The molecule has 2 N–H and O–H groups in total. The Kier molecular flexibility index (Phi) is 9.86. The van der Waals surface area contributed by atoms with E-state index in [1.807, 2.05) is 86.6 Å². The van der Waals surface area contributed by atoms with E-state index >= 15 is 14.4 Å². The van der Waals surface area contributed by atoms with Crippen LogP contribution in [0.25, 0.3) is 44.4 Å². The molecule has 3 amide bonds. The molecule has 1 aliphatic rings. The average molecular weight is 803 g/mol. The van der Waals surface area contributed by atoms with Gasteiger partial charge in [0, 0.05) is 53.7 Å². The Labute approximate surface area is 350 Å². The number of anilines is 4. The van der Waals surface area contributed by atoms with Crippen LogP contribution in [0.2, 0.25) is 0 Å². The summed E-state index contributed by atoms with van der Waals surface area (Å²) in [4.78, 5) is 74.8. The molecule has 0 spiro atoms. The number of nitrogens with zero attached hydrogens (tertiary/aromatic N) is 6. The van der Waals surface area contributed by atoms with Gasteiger partial charge in [0.15, 0.2) is 6.29 Å². The Morgan fingerprint density at radius 1 is 0.607 bits per heavy atom. The van der Waals surface area contributed by atoms with Crippen molar-refractivity contribution in [2.75, 3.05) is 27.1 Å².